The zero-order valence-corrected chi connectivity index (χ0v) is 14.3. The van der Waals surface area contributed by atoms with E-state index in [0.717, 1.165) is 23.7 Å². The highest BCUT2D eigenvalue weighted by molar-refractivity contribution is 8.00. The van der Waals surface area contributed by atoms with Crippen LogP contribution in [0.4, 0.5) is 5.95 Å². The lowest BCUT2D eigenvalue weighted by molar-refractivity contribution is 0.214. The summed E-state index contributed by atoms with van der Waals surface area (Å²) in [6, 6.07) is 10.2. The van der Waals surface area contributed by atoms with Gasteiger partial charge in [-0.15, -0.1) is 0 Å². The molecule has 0 saturated heterocycles. The fourth-order valence-electron chi connectivity index (χ4n) is 2.89. The van der Waals surface area contributed by atoms with Crippen LogP contribution < -0.4 is 4.72 Å². The highest BCUT2D eigenvalue weighted by Gasteiger charge is 2.29. The van der Waals surface area contributed by atoms with Crippen molar-refractivity contribution in [1.29, 1.82) is 0 Å². The van der Waals surface area contributed by atoms with Gasteiger partial charge in [-0.2, -0.15) is 0 Å². The Hall–Kier alpha value is -1.55. The Labute approximate surface area is 137 Å². The largest absolute Gasteiger partial charge is 0.294 e. The van der Waals surface area contributed by atoms with Crippen molar-refractivity contribution in [2.45, 2.75) is 44.9 Å². The van der Waals surface area contributed by atoms with E-state index in [1.54, 1.807) is 11.9 Å². The minimum Gasteiger partial charge on any atom is -0.294 e. The molecule has 0 fully saturated rings. The maximum atomic E-state index is 4.70. The average molecular weight is 313 g/mol. The second kappa shape index (κ2) is 6.29. The van der Waals surface area contributed by atoms with E-state index < -0.39 is 0 Å². The predicted molar refractivity (Wildman–Crippen MR) is 92.9 cm³/mol. The van der Waals surface area contributed by atoms with E-state index in [9.17, 15) is 0 Å². The van der Waals surface area contributed by atoms with Crippen molar-refractivity contribution in [3.63, 3.8) is 0 Å². The third-order valence-electron chi connectivity index (χ3n) is 4.38. The number of benzene rings is 1. The van der Waals surface area contributed by atoms with Crippen molar-refractivity contribution in [3.8, 4) is 0 Å². The number of aromatic nitrogens is 2. The first-order chi connectivity index (χ1) is 10.5. The van der Waals surface area contributed by atoms with E-state index in [1.165, 1.54) is 17.7 Å². The van der Waals surface area contributed by atoms with E-state index in [-0.39, 0.29) is 0 Å². The van der Waals surface area contributed by atoms with Crippen LogP contribution in [-0.4, -0.2) is 9.97 Å². The van der Waals surface area contributed by atoms with Crippen LogP contribution in [-0.2, 0) is 12.8 Å². The maximum Gasteiger partial charge on any atom is 0.233 e. The smallest absolute Gasteiger partial charge is 0.233 e. The van der Waals surface area contributed by atoms with E-state index in [0.29, 0.717) is 11.4 Å². The number of hydrogen-bond donors (Lipinski definition) is 1. The molecule has 1 aliphatic carbocycles. The fourth-order valence-corrected chi connectivity index (χ4v) is 3.49. The van der Waals surface area contributed by atoms with Crippen molar-refractivity contribution in [2.75, 3.05) is 4.72 Å². The molecule has 0 amide bonds. The molecule has 1 atom stereocenters. The van der Waals surface area contributed by atoms with Crippen LogP contribution in [0.3, 0.4) is 0 Å². The SMILES string of the molecule is CC(C)(C)C1CCc2nc(NSc3ccccc3)ncc2C1. The summed E-state index contributed by atoms with van der Waals surface area (Å²) in [5, 5.41) is 0. The van der Waals surface area contributed by atoms with E-state index in [2.05, 4.69) is 42.6 Å². The highest BCUT2D eigenvalue weighted by atomic mass is 32.2. The van der Waals surface area contributed by atoms with Crippen LogP contribution in [0.5, 0.6) is 0 Å². The molecule has 1 aliphatic rings. The maximum absolute atomic E-state index is 4.70. The number of fused-ring (bicyclic) bond motifs is 1. The van der Waals surface area contributed by atoms with Gasteiger partial charge in [0.1, 0.15) is 0 Å². The van der Waals surface area contributed by atoms with Gasteiger partial charge in [-0.25, -0.2) is 9.97 Å². The summed E-state index contributed by atoms with van der Waals surface area (Å²) >= 11 is 1.55. The lowest BCUT2D eigenvalue weighted by Crippen LogP contribution is -2.27. The number of anilines is 1. The van der Waals surface area contributed by atoms with E-state index in [1.807, 2.05) is 24.4 Å². The first-order valence-corrected chi connectivity index (χ1v) is 8.67. The Morgan fingerprint density at radius 3 is 2.68 bits per heavy atom. The van der Waals surface area contributed by atoms with E-state index in [4.69, 9.17) is 4.98 Å². The molecule has 1 heterocycles. The number of hydrogen-bond acceptors (Lipinski definition) is 4. The molecule has 0 aliphatic heterocycles. The van der Waals surface area contributed by atoms with Gasteiger partial charge in [0.15, 0.2) is 0 Å². The Balaban J connectivity index is 1.68. The quantitative estimate of drug-likeness (QED) is 0.830. The number of aryl methyl sites for hydroxylation is 1. The summed E-state index contributed by atoms with van der Waals surface area (Å²) in [4.78, 5) is 10.3. The summed E-state index contributed by atoms with van der Waals surface area (Å²) < 4.78 is 3.25. The topological polar surface area (TPSA) is 37.8 Å². The summed E-state index contributed by atoms with van der Waals surface area (Å²) in [5.74, 6) is 1.43. The molecule has 1 aromatic heterocycles. The van der Waals surface area contributed by atoms with Crippen molar-refractivity contribution in [3.05, 3.63) is 47.8 Å². The summed E-state index contributed by atoms with van der Waals surface area (Å²) in [7, 11) is 0. The number of nitrogens with zero attached hydrogens (tertiary/aromatic N) is 2. The van der Waals surface area contributed by atoms with Crippen LogP contribution in [0, 0.1) is 11.3 Å². The fraction of sp³-hybridized carbons (Fsp3) is 0.444. The van der Waals surface area contributed by atoms with Gasteiger partial charge in [-0.1, -0.05) is 39.0 Å². The predicted octanol–water partition coefficient (Wildman–Crippen LogP) is 4.75. The lowest BCUT2D eigenvalue weighted by atomic mass is 9.72. The second-order valence-electron chi connectivity index (χ2n) is 6.99. The molecule has 22 heavy (non-hydrogen) atoms. The molecule has 3 nitrogen and oxygen atoms in total. The normalized spacial score (nSPS) is 17.9. The monoisotopic (exact) mass is 313 g/mol. The Morgan fingerprint density at radius 2 is 1.95 bits per heavy atom. The molecule has 1 N–H and O–H groups in total. The molecule has 0 radical (unpaired) electrons. The molecular weight excluding hydrogens is 290 g/mol. The summed E-state index contributed by atoms with van der Waals surface area (Å²) in [5.41, 5.74) is 2.89. The lowest BCUT2D eigenvalue weighted by Gasteiger charge is -2.34. The number of nitrogens with one attached hydrogen (secondary N) is 1. The zero-order chi connectivity index (χ0) is 15.6. The summed E-state index contributed by atoms with van der Waals surface area (Å²) in [6.07, 6.45) is 5.39. The van der Waals surface area contributed by atoms with Crippen LogP contribution in [0.25, 0.3) is 0 Å². The molecule has 0 saturated carbocycles. The first-order valence-electron chi connectivity index (χ1n) is 7.85. The van der Waals surface area contributed by atoms with Gasteiger partial charge in [0, 0.05) is 16.8 Å². The molecule has 0 spiro atoms. The van der Waals surface area contributed by atoms with Crippen molar-refractivity contribution < 1.29 is 0 Å². The molecule has 1 unspecified atom stereocenters. The molecule has 1 aromatic carbocycles. The van der Waals surface area contributed by atoms with Crippen LogP contribution in [0.2, 0.25) is 0 Å². The molecule has 2 aromatic rings. The van der Waals surface area contributed by atoms with Crippen LogP contribution in [0.1, 0.15) is 38.4 Å². The van der Waals surface area contributed by atoms with Gasteiger partial charge in [-0.05, 0) is 60.2 Å². The van der Waals surface area contributed by atoms with Crippen molar-refractivity contribution in [1.82, 2.24) is 9.97 Å². The third-order valence-corrected chi connectivity index (χ3v) is 5.17. The van der Waals surface area contributed by atoms with E-state index >= 15 is 0 Å². The molecule has 116 valence electrons. The second-order valence-corrected chi connectivity index (χ2v) is 7.87. The van der Waals surface area contributed by atoms with Crippen LogP contribution >= 0.6 is 11.9 Å². The molecular formula is C18H23N3S. The molecule has 0 bridgehead atoms. The summed E-state index contributed by atoms with van der Waals surface area (Å²) in [6.45, 7) is 6.99. The Kier molecular flexibility index (Phi) is 4.39. The van der Waals surface area contributed by atoms with Gasteiger partial charge in [0.2, 0.25) is 5.95 Å². The average Bonchev–Trinajstić information content (AvgIpc) is 2.52. The van der Waals surface area contributed by atoms with Gasteiger partial charge >= 0.3 is 0 Å². The zero-order valence-electron chi connectivity index (χ0n) is 13.5. The number of rotatable bonds is 3. The Bertz CT molecular complexity index is 635. The van der Waals surface area contributed by atoms with Gasteiger partial charge in [0.05, 0.1) is 0 Å². The standard InChI is InChI=1S/C18H23N3S/c1-18(2,3)14-9-10-16-13(11-14)12-19-17(20-16)21-22-15-7-5-4-6-8-15/h4-8,12,14H,9-11H2,1-3H3,(H,19,20,21). The van der Waals surface area contributed by atoms with Crippen LogP contribution in [0.15, 0.2) is 41.4 Å². The van der Waals surface area contributed by atoms with Crippen molar-refractivity contribution >= 4 is 17.9 Å². The van der Waals surface area contributed by atoms with Gasteiger partial charge < -0.3 is 0 Å². The van der Waals surface area contributed by atoms with Crippen molar-refractivity contribution in [2.24, 2.45) is 11.3 Å². The minimum atomic E-state index is 0.359. The van der Waals surface area contributed by atoms with Gasteiger partial charge in [-0.3, -0.25) is 4.72 Å². The Morgan fingerprint density at radius 1 is 1.18 bits per heavy atom. The van der Waals surface area contributed by atoms with Gasteiger partial charge in [0.25, 0.3) is 0 Å². The molecule has 3 rings (SSSR count). The third kappa shape index (κ3) is 3.61. The first kappa shape index (κ1) is 15.3. The molecule has 4 heteroatoms. The highest BCUT2D eigenvalue weighted by Crippen LogP contribution is 2.36. The minimum absolute atomic E-state index is 0.359.